The quantitative estimate of drug-likeness (QED) is 0.488. The molecule has 6 heteroatoms. The normalized spacial score (nSPS) is 10.7. The van der Waals surface area contributed by atoms with Gasteiger partial charge in [0.2, 0.25) is 0 Å². The molecule has 30 heavy (non-hydrogen) atoms. The lowest BCUT2D eigenvalue weighted by Crippen LogP contribution is -2.34. The van der Waals surface area contributed by atoms with Crippen LogP contribution in [0.25, 0.3) is 16.7 Å². The Balaban J connectivity index is 1.40. The van der Waals surface area contributed by atoms with E-state index in [2.05, 4.69) is 20.2 Å². The van der Waals surface area contributed by atoms with E-state index in [0.29, 0.717) is 24.2 Å². The van der Waals surface area contributed by atoms with E-state index in [4.69, 9.17) is 0 Å². The molecule has 2 N–H and O–H groups in total. The number of rotatable bonds is 6. The van der Waals surface area contributed by atoms with Gasteiger partial charge in [0.25, 0.3) is 11.8 Å². The van der Waals surface area contributed by atoms with Crippen molar-refractivity contribution < 1.29 is 9.59 Å². The molecule has 0 spiro atoms. The molecule has 0 aliphatic heterocycles. The van der Waals surface area contributed by atoms with Gasteiger partial charge in [-0.2, -0.15) is 0 Å². The van der Waals surface area contributed by atoms with Crippen molar-refractivity contribution >= 4 is 22.8 Å². The van der Waals surface area contributed by atoms with Crippen molar-refractivity contribution in [3.05, 3.63) is 95.8 Å². The number of aromatic nitrogens is 2. The summed E-state index contributed by atoms with van der Waals surface area (Å²) in [6.45, 7) is 2.64. The molecule has 0 atom stereocenters. The monoisotopic (exact) mass is 398 g/mol. The van der Waals surface area contributed by atoms with Gasteiger partial charge in [-0.25, -0.2) is 4.98 Å². The molecule has 4 rings (SSSR count). The van der Waals surface area contributed by atoms with Crippen molar-refractivity contribution in [1.29, 1.82) is 0 Å². The number of benzene rings is 3. The van der Waals surface area contributed by atoms with Crippen LogP contribution in [-0.2, 0) is 0 Å². The summed E-state index contributed by atoms with van der Waals surface area (Å²) in [5.74, 6) is 0.503. The fourth-order valence-corrected chi connectivity index (χ4v) is 3.39. The smallest absolute Gasteiger partial charge is 0.251 e. The van der Waals surface area contributed by atoms with Crippen LogP contribution in [0.1, 0.15) is 26.5 Å². The number of para-hydroxylation sites is 1. The maximum absolute atomic E-state index is 12.5. The van der Waals surface area contributed by atoms with E-state index in [1.807, 2.05) is 61.5 Å². The Kier molecular flexibility index (Phi) is 5.57. The number of carbonyl (C=O) groups excluding carboxylic acids is 2. The van der Waals surface area contributed by atoms with Gasteiger partial charge in [-0.15, -0.1) is 0 Å². The number of nitrogens with one attached hydrogen (secondary N) is 2. The number of imidazole rings is 1. The highest BCUT2D eigenvalue weighted by Crippen LogP contribution is 2.22. The van der Waals surface area contributed by atoms with Gasteiger partial charge < -0.3 is 10.6 Å². The molecule has 0 bridgehead atoms. The first kappa shape index (κ1) is 19.4. The lowest BCUT2D eigenvalue weighted by molar-refractivity contribution is 0.0928. The standard InChI is InChI=1S/C24H22N4O2/c1-17-27-21-16-19(12-13-22(21)28(17)20-10-6-3-7-11-20)24(30)26-15-14-25-23(29)18-8-4-2-5-9-18/h2-13,16H,14-15H2,1H3,(H,25,29)(H,26,30). The second-order valence-electron chi connectivity index (χ2n) is 6.91. The molecule has 4 aromatic rings. The highest BCUT2D eigenvalue weighted by molar-refractivity contribution is 5.98. The molecule has 0 aliphatic rings. The maximum Gasteiger partial charge on any atom is 0.251 e. The van der Waals surface area contributed by atoms with Crippen molar-refractivity contribution in [3.8, 4) is 5.69 Å². The molecule has 0 saturated carbocycles. The first-order chi connectivity index (χ1) is 14.6. The topological polar surface area (TPSA) is 76.0 Å². The minimum Gasteiger partial charge on any atom is -0.350 e. The summed E-state index contributed by atoms with van der Waals surface area (Å²) in [7, 11) is 0. The summed E-state index contributed by atoms with van der Waals surface area (Å²) in [5, 5.41) is 5.63. The molecule has 3 aromatic carbocycles. The van der Waals surface area contributed by atoms with Crippen molar-refractivity contribution in [2.24, 2.45) is 0 Å². The molecule has 0 radical (unpaired) electrons. The second kappa shape index (κ2) is 8.61. The summed E-state index contributed by atoms with van der Waals surface area (Å²) < 4.78 is 2.07. The summed E-state index contributed by atoms with van der Waals surface area (Å²) in [4.78, 5) is 29.1. The van der Waals surface area contributed by atoms with Gasteiger partial charge in [0.05, 0.1) is 11.0 Å². The molecular formula is C24H22N4O2. The van der Waals surface area contributed by atoms with Gasteiger partial charge in [0.1, 0.15) is 5.82 Å². The largest absolute Gasteiger partial charge is 0.350 e. The fourth-order valence-electron chi connectivity index (χ4n) is 3.39. The number of aryl methyl sites for hydroxylation is 1. The van der Waals surface area contributed by atoms with E-state index in [1.165, 1.54) is 0 Å². The average molecular weight is 398 g/mol. The molecule has 0 fully saturated rings. The predicted molar refractivity (Wildman–Crippen MR) is 117 cm³/mol. The van der Waals surface area contributed by atoms with Crippen LogP contribution in [-0.4, -0.2) is 34.5 Å². The Bertz CT molecular complexity index is 1180. The highest BCUT2D eigenvalue weighted by Gasteiger charge is 2.12. The summed E-state index contributed by atoms with van der Waals surface area (Å²) in [6, 6.07) is 24.5. The van der Waals surface area contributed by atoms with Gasteiger partial charge >= 0.3 is 0 Å². The third-order valence-corrected chi connectivity index (χ3v) is 4.83. The summed E-state index contributed by atoms with van der Waals surface area (Å²) in [5.41, 5.74) is 3.88. The van der Waals surface area contributed by atoms with Crippen molar-refractivity contribution in [2.45, 2.75) is 6.92 Å². The molecule has 2 amide bonds. The summed E-state index contributed by atoms with van der Waals surface area (Å²) in [6.07, 6.45) is 0. The van der Waals surface area contributed by atoms with Crippen LogP contribution in [0.3, 0.4) is 0 Å². The van der Waals surface area contributed by atoms with E-state index >= 15 is 0 Å². The molecule has 1 heterocycles. The first-order valence-corrected chi connectivity index (χ1v) is 9.79. The minimum atomic E-state index is -0.197. The van der Waals surface area contributed by atoms with E-state index in [1.54, 1.807) is 24.3 Å². The molecule has 0 aliphatic carbocycles. The second-order valence-corrected chi connectivity index (χ2v) is 6.91. The van der Waals surface area contributed by atoms with Crippen LogP contribution >= 0.6 is 0 Å². The number of nitrogens with zero attached hydrogens (tertiary/aromatic N) is 2. The van der Waals surface area contributed by atoms with E-state index < -0.39 is 0 Å². The average Bonchev–Trinajstić information content (AvgIpc) is 3.12. The highest BCUT2D eigenvalue weighted by atomic mass is 16.2. The Morgan fingerprint density at radius 1 is 0.800 bits per heavy atom. The van der Waals surface area contributed by atoms with Crippen molar-refractivity contribution in [1.82, 2.24) is 20.2 Å². The summed E-state index contributed by atoms with van der Waals surface area (Å²) >= 11 is 0. The third kappa shape index (κ3) is 4.07. The van der Waals surface area contributed by atoms with Crippen LogP contribution < -0.4 is 10.6 Å². The van der Waals surface area contributed by atoms with Gasteiger partial charge in [0, 0.05) is 29.9 Å². The molecule has 150 valence electrons. The third-order valence-electron chi connectivity index (χ3n) is 4.83. The number of fused-ring (bicyclic) bond motifs is 1. The Hall–Kier alpha value is -3.93. The molecule has 0 unspecified atom stereocenters. The SMILES string of the molecule is Cc1nc2cc(C(=O)NCCNC(=O)c3ccccc3)ccc2n1-c1ccccc1. The van der Waals surface area contributed by atoms with Crippen molar-refractivity contribution in [3.63, 3.8) is 0 Å². The zero-order valence-corrected chi connectivity index (χ0v) is 16.6. The Morgan fingerprint density at radius 2 is 1.40 bits per heavy atom. The number of amides is 2. The molecule has 6 nitrogen and oxygen atoms in total. The Morgan fingerprint density at radius 3 is 2.07 bits per heavy atom. The molecular weight excluding hydrogens is 376 g/mol. The lowest BCUT2D eigenvalue weighted by atomic mass is 10.2. The Labute approximate surface area is 174 Å². The lowest BCUT2D eigenvalue weighted by Gasteiger charge is -2.08. The minimum absolute atomic E-state index is 0.159. The number of carbonyl (C=O) groups is 2. The molecule has 0 saturated heterocycles. The molecule has 1 aromatic heterocycles. The van der Waals surface area contributed by atoms with Crippen LogP contribution in [0.2, 0.25) is 0 Å². The number of hydrogen-bond acceptors (Lipinski definition) is 3. The van der Waals surface area contributed by atoms with Gasteiger partial charge in [-0.05, 0) is 49.4 Å². The fraction of sp³-hybridized carbons (Fsp3) is 0.125. The predicted octanol–water partition coefficient (Wildman–Crippen LogP) is 3.49. The van der Waals surface area contributed by atoms with E-state index in [0.717, 1.165) is 22.5 Å². The number of hydrogen-bond donors (Lipinski definition) is 2. The first-order valence-electron chi connectivity index (χ1n) is 9.79. The van der Waals surface area contributed by atoms with Crippen LogP contribution in [0, 0.1) is 6.92 Å². The maximum atomic E-state index is 12.5. The van der Waals surface area contributed by atoms with Crippen LogP contribution in [0.4, 0.5) is 0 Å². The van der Waals surface area contributed by atoms with E-state index in [9.17, 15) is 9.59 Å². The zero-order valence-electron chi connectivity index (χ0n) is 16.6. The van der Waals surface area contributed by atoms with Crippen molar-refractivity contribution in [2.75, 3.05) is 13.1 Å². The van der Waals surface area contributed by atoms with Gasteiger partial charge in [-0.3, -0.25) is 14.2 Å². The van der Waals surface area contributed by atoms with Gasteiger partial charge in [-0.1, -0.05) is 36.4 Å². The van der Waals surface area contributed by atoms with Crippen LogP contribution in [0.15, 0.2) is 78.9 Å². The van der Waals surface area contributed by atoms with Gasteiger partial charge in [0.15, 0.2) is 0 Å². The zero-order chi connectivity index (χ0) is 20.9. The van der Waals surface area contributed by atoms with Crippen LogP contribution in [0.5, 0.6) is 0 Å². The van der Waals surface area contributed by atoms with E-state index in [-0.39, 0.29) is 11.8 Å².